The van der Waals surface area contributed by atoms with Crippen molar-refractivity contribution in [2.75, 3.05) is 6.61 Å². The van der Waals surface area contributed by atoms with Crippen LogP contribution in [-0.2, 0) is 9.53 Å². The van der Waals surface area contributed by atoms with E-state index in [0.29, 0.717) is 11.8 Å². The van der Waals surface area contributed by atoms with Crippen molar-refractivity contribution in [3.63, 3.8) is 0 Å². The number of nitrogens with zero attached hydrogens (tertiary/aromatic N) is 1. The average Bonchev–Trinajstić information content (AvgIpc) is 2.71. The fraction of sp³-hybridized carbons (Fsp3) is 0.167. The van der Waals surface area contributed by atoms with Crippen LogP contribution in [0.25, 0.3) is 17.0 Å². The number of carbonyl (C=O) groups excluding carboxylic acids is 1. The van der Waals surface area contributed by atoms with E-state index in [2.05, 4.69) is 9.97 Å². The molecule has 0 amide bonds. The largest absolute Gasteiger partial charge is 0.463 e. The molecule has 0 saturated carbocycles. The molecule has 0 aliphatic heterocycles. The van der Waals surface area contributed by atoms with E-state index < -0.39 is 0 Å². The van der Waals surface area contributed by atoms with Gasteiger partial charge >= 0.3 is 5.97 Å². The van der Waals surface area contributed by atoms with Crippen molar-refractivity contribution in [2.45, 2.75) is 6.92 Å². The first kappa shape index (κ1) is 11.7. The van der Waals surface area contributed by atoms with Crippen molar-refractivity contribution in [3.8, 4) is 0 Å². The van der Waals surface area contributed by atoms with E-state index >= 15 is 0 Å². The summed E-state index contributed by atoms with van der Waals surface area (Å²) in [5.41, 5.74) is 1.66. The lowest BCUT2D eigenvalue weighted by Crippen LogP contribution is -1.98. The first-order valence-electron chi connectivity index (χ1n) is 5.18. The minimum absolute atomic E-state index is 0.365. The molecule has 0 spiro atoms. The Morgan fingerprint density at radius 1 is 1.65 bits per heavy atom. The quantitative estimate of drug-likeness (QED) is 0.518. The molecular formula is C12H11ClN2O2. The zero-order chi connectivity index (χ0) is 12.3. The third-order valence-corrected chi connectivity index (χ3v) is 2.51. The highest BCUT2D eigenvalue weighted by atomic mass is 35.5. The van der Waals surface area contributed by atoms with Crippen LogP contribution in [0.1, 0.15) is 12.6 Å². The predicted octanol–water partition coefficient (Wildman–Crippen LogP) is 2.79. The fourth-order valence-electron chi connectivity index (χ4n) is 1.48. The molecule has 2 rings (SSSR count). The Labute approximate surface area is 103 Å². The number of aromatic amines is 1. The van der Waals surface area contributed by atoms with Crippen LogP contribution in [0, 0.1) is 0 Å². The van der Waals surface area contributed by atoms with Gasteiger partial charge in [-0.25, -0.2) is 9.78 Å². The summed E-state index contributed by atoms with van der Waals surface area (Å²) < 4.78 is 4.78. The maximum atomic E-state index is 11.1. The molecule has 0 unspecified atom stereocenters. The SMILES string of the molecule is CCOC(=O)/C=C/c1cc2c(Cl)nccc2[nH]1. The van der Waals surface area contributed by atoms with E-state index in [1.54, 1.807) is 19.2 Å². The number of aromatic nitrogens is 2. The number of pyridine rings is 1. The first-order chi connectivity index (χ1) is 8.20. The Hall–Kier alpha value is -1.81. The molecule has 17 heavy (non-hydrogen) atoms. The van der Waals surface area contributed by atoms with Crippen LogP contribution >= 0.6 is 11.6 Å². The highest BCUT2D eigenvalue weighted by Crippen LogP contribution is 2.22. The van der Waals surface area contributed by atoms with Crippen LogP contribution in [0.15, 0.2) is 24.4 Å². The molecule has 0 aliphatic rings. The van der Waals surface area contributed by atoms with E-state index in [0.717, 1.165) is 16.6 Å². The van der Waals surface area contributed by atoms with E-state index in [-0.39, 0.29) is 5.97 Å². The van der Waals surface area contributed by atoms with Crippen molar-refractivity contribution in [2.24, 2.45) is 0 Å². The van der Waals surface area contributed by atoms with Crippen molar-refractivity contribution in [1.82, 2.24) is 9.97 Å². The zero-order valence-corrected chi connectivity index (χ0v) is 9.99. The topological polar surface area (TPSA) is 55.0 Å². The molecule has 0 radical (unpaired) electrons. The highest BCUT2D eigenvalue weighted by molar-refractivity contribution is 6.34. The number of ether oxygens (including phenoxy) is 1. The lowest BCUT2D eigenvalue weighted by molar-refractivity contribution is -0.137. The fourth-order valence-corrected chi connectivity index (χ4v) is 1.69. The molecule has 0 aliphatic carbocycles. The van der Waals surface area contributed by atoms with E-state index in [9.17, 15) is 4.79 Å². The van der Waals surface area contributed by atoms with Gasteiger partial charge in [0.2, 0.25) is 0 Å². The minimum atomic E-state index is -0.365. The van der Waals surface area contributed by atoms with E-state index in [4.69, 9.17) is 16.3 Å². The maximum absolute atomic E-state index is 11.1. The molecule has 2 aromatic rings. The standard InChI is InChI=1S/C12H11ClN2O2/c1-2-17-11(16)4-3-8-7-9-10(15-8)5-6-14-12(9)13/h3-7,15H,2H2,1H3/b4-3+. The van der Waals surface area contributed by atoms with Gasteiger partial charge in [0.1, 0.15) is 5.15 Å². The Morgan fingerprint density at radius 2 is 2.47 bits per heavy atom. The molecule has 0 aromatic carbocycles. The second kappa shape index (κ2) is 5.01. The number of halogens is 1. The smallest absolute Gasteiger partial charge is 0.330 e. The Kier molecular flexibility index (Phi) is 3.44. The molecule has 0 fully saturated rings. The molecule has 5 heteroatoms. The third kappa shape index (κ3) is 2.65. The number of rotatable bonds is 3. The summed E-state index contributed by atoms with van der Waals surface area (Å²) in [7, 11) is 0. The van der Waals surface area contributed by atoms with Crippen LogP contribution in [0.4, 0.5) is 0 Å². The summed E-state index contributed by atoms with van der Waals surface area (Å²) in [6.45, 7) is 2.13. The van der Waals surface area contributed by atoms with E-state index in [1.165, 1.54) is 6.08 Å². The Bertz CT molecular complexity index is 575. The van der Waals surface area contributed by atoms with Gasteiger partial charge < -0.3 is 9.72 Å². The second-order valence-corrected chi connectivity index (χ2v) is 3.73. The molecule has 0 atom stereocenters. The lowest BCUT2D eigenvalue weighted by atomic mass is 10.3. The Morgan fingerprint density at radius 3 is 3.18 bits per heavy atom. The number of esters is 1. The van der Waals surface area contributed by atoms with Crippen molar-refractivity contribution < 1.29 is 9.53 Å². The number of carbonyl (C=O) groups is 1. The molecule has 2 aromatic heterocycles. The number of H-pyrrole nitrogens is 1. The number of hydrogen-bond acceptors (Lipinski definition) is 3. The second-order valence-electron chi connectivity index (χ2n) is 3.37. The molecule has 0 bridgehead atoms. The van der Waals surface area contributed by atoms with Crippen LogP contribution in [0.3, 0.4) is 0 Å². The monoisotopic (exact) mass is 250 g/mol. The predicted molar refractivity (Wildman–Crippen MR) is 66.8 cm³/mol. The summed E-state index contributed by atoms with van der Waals surface area (Å²) in [4.78, 5) is 18.2. The number of fused-ring (bicyclic) bond motifs is 1. The third-order valence-electron chi connectivity index (χ3n) is 2.21. The highest BCUT2D eigenvalue weighted by Gasteiger charge is 2.03. The summed E-state index contributed by atoms with van der Waals surface area (Å²) in [5.74, 6) is -0.365. The zero-order valence-electron chi connectivity index (χ0n) is 9.24. The van der Waals surface area contributed by atoms with Gasteiger partial charge in [-0.1, -0.05) is 11.6 Å². The van der Waals surface area contributed by atoms with Crippen molar-refractivity contribution >= 4 is 34.5 Å². The van der Waals surface area contributed by atoms with Gasteiger partial charge in [-0.15, -0.1) is 0 Å². The van der Waals surface area contributed by atoms with Gasteiger partial charge in [0.15, 0.2) is 0 Å². The average molecular weight is 251 g/mol. The van der Waals surface area contributed by atoms with Crippen molar-refractivity contribution in [3.05, 3.63) is 35.3 Å². The number of nitrogens with one attached hydrogen (secondary N) is 1. The van der Waals surface area contributed by atoms with Gasteiger partial charge in [-0.05, 0) is 25.1 Å². The van der Waals surface area contributed by atoms with Gasteiger partial charge in [0.05, 0.1) is 12.1 Å². The summed E-state index contributed by atoms with van der Waals surface area (Å²) in [6, 6.07) is 3.66. The van der Waals surface area contributed by atoms with Gasteiger partial charge in [-0.3, -0.25) is 0 Å². The van der Waals surface area contributed by atoms with Crippen LogP contribution in [-0.4, -0.2) is 22.5 Å². The summed E-state index contributed by atoms with van der Waals surface area (Å²) >= 11 is 5.94. The molecule has 4 nitrogen and oxygen atoms in total. The van der Waals surface area contributed by atoms with Crippen LogP contribution < -0.4 is 0 Å². The Balaban J connectivity index is 2.25. The molecule has 2 heterocycles. The van der Waals surface area contributed by atoms with Gasteiger partial charge in [-0.2, -0.15) is 0 Å². The summed E-state index contributed by atoms with van der Waals surface area (Å²) in [6.07, 6.45) is 4.64. The minimum Gasteiger partial charge on any atom is -0.463 e. The van der Waals surface area contributed by atoms with Crippen LogP contribution in [0.5, 0.6) is 0 Å². The molecule has 0 saturated heterocycles. The first-order valence-corrected chi connectivity index (χ1v) is 5.56. The molecular weight excluding hydrogens is 240 g/mol. The van der Waals surface area contributed by atoms with E-state index in [1.807, 2.05) is 12.1 Å². The summed E-state index contributed by atoms with van der Waals surface area (Å²) in [5, 5.41) is 1.27. The molecule has 1 N–H and O–H groups in total. The molecule has 88 valence electrons. The lowest BCUT2D eigenvalue weighted by Gasteiger charge is -1.93. The normalized spacial score (nSPS) is 11.2. The van der Waals surface area contributed by atoms with Crippen LogP contribution in [0.2, 0.25) is 5.15 Å². The maximum Gasteiger partial charge on any atom is 0.330 e. The number of hydrogen-bond donors (Lipinski definition) is 1. The van der Waals surface area contributed by atoms with Gasteiger partial charge in [0, 0.05) is 23.4 Å². The van der Waals surface area contributed by atoms with Crippen molar-refractivity contribution in [1.29, 1.82) is 0 Å². The van der Waals surface area contributed by atoms with Gasteiger partial charge in [0.25, 0.3) is 0 Å².